The minimum atomic E-state index is -0.641. The van der Waals surface area contributed by atoms with E-state index in [1.165, 1.54) is 12.1 Å². The highest BCUT2D eigenvalue weighted by molar-refractivity contribution is 7.15. The van der Waals surface area contributed by atoms with Crippen molar-refractivity contribution in [3.8, 4) is 0 Å². The molecule has 4 aromatic rings. The van der Waals surface area contributed by atoms with E-state index in [9.17, 15) is 19.7 Å². The molecule has 0 spiro atoms. The number of benzene rings is 2. The van der Waals surface area contributed by atoms with E-state index >= 15 is 0 Å². The van der Waals surface area contributed by atoms with E-state index in [1.807, 2.05) is 31.2 Å². The van der Waals surface area contributed by atoms with Crippen LogP contribution < -0.4 is 10.7 Å². The number of aromatic nitrogens is 3. The second-order valence-electron chi connectivity index (χ2n) is 7.06. The monoisotopic (exact) mass is 497 g/mol. The number of nitrogens with zero attached hydrogens (tertiary/aromatic N) is 4. The van der Waals surface area contributed by atoms with Crippen molar-refractivity contribution in [2.24, 2.45) is 5.10 Å². The van der Waals surface area contributed by atoms with E-state index in [0.717, 1.165) is 39.6 Å². The molecule has 0 radical (unpaired) electrons. The third-order valence-corrected chi connectivity index (χ3v) is 5.87. The van der Waals surface area contributed by atoms with E-state index in [1.54, 1.807) is 6.21 Å². The number of amides is 2. The fourth-order valence-electron chi connectivity index (χ4n) is 3.15. The fraction of sp³-hybridized carbons (Fsp3) is 0.0952. The Bertz CT molecular complexity index is 1450. The first-order chi connectivity index (χ1) is 16.3. The SMILES string of the molecule is Cc1[nH]c2ccccc2c1/C=N\NC(=O)Cc1nnc(NC(=O)c2ccc([N+](=O)[O-])c(Cl)c2)s1. The first-order valence-corrected chi connectivity index (χ1v) is 11.0. The molecule has 2 heterocycles. The molecule has 0 aliphatic heterocycles. The molecule has 2 amide bonds. The van der Waals surface area contributed by atoms with E-state index in [0.29, 0.717) is 5.01 Å². The summed E-state index contributed by atoms with van der Waals surface area (Å²) < 4.78 is 0. The van der Waals surface area contributed by atoms with Gasteiger partial charge in [-0.25, -0.2) is 5.43 Å². The number of nitrogens with one attached hydrogen (secondary N) is 3. The van der Waals surface area contributed by atoms with Gasteiger partial charge in [0.1, 0.15) is 10.0 Å². The molecule has 0 atom stereocenters. The molecule has 0 aliphatic carbocycles. The lowest BCUT2D eigenvalue weighted by molar-refractivity contribution is -0.384. The second kappa shape index (κ2) is 9.77. The van der Waals surface area contributed by atoms with Gasteiger partial charge in [0.05, 0.1) is 17.6 Å². The van der Waals surface area contributed by atoms with Crippen LogP contribution in [0.1, 0.15) is 26.6 Å². The third-order valence-electron chi connectivity index (χ3n) is 4.73. The van der Waals surface area contributed by atoms with Gasteiger partial charge in [-0.15, -0.1) is 10.2 Å². The van der Waals surface area contributed by atoms with Gasteiger partial charge in [0.15, 0.2) is 0 Å². The highest BCUT2D eigenvalue weighted by Crippen LogP contribution is 2.26. The Balaban J connectivity index is 1.34. The van der Waals surface area contributed by atoms with Crippen molar-refractivity contribution in [2.75, 3.05) is 5.32 Å². The number of rotatable bonds is 7. The van der Waals surface area contributed by atoms with Crippen molar-refractivity contribution in [1.82, 2.24) is 20.6 Å². The van der Waals surface area contributed by atoms with Gasteiger partial charge in [-0.05, 0) is 25.1 Å². The van der Waals surface area contributed by atoms with Gasteiger partial charge < -0.3 is 4.98 Å². The van der Waals surface area contributed by atoms with Gasteiger partial charge in [-0.2, -0.15) is 5.10 Å². The summed E-state index contributed by atoms with van der Waals surface area (Å²) in [5.74, 6) is -0.965. The number of carbonyl (C=O) groups is 2. The summed E-state index contributed by atoms with van der Waals surface area (Å²) in [6.07, 6.45) is 1.49. The normalized spacial score (nSPS) is 11.1. The molecular weight excluding hydrogens is 482 g/mol. The molecule has 0 unspecified atom stereocenters. The number of nitro benzene ring substituents is 1. The van der Waals surface area contributed by atoms with Gasteiger partial charge in [-0.1, -0.05) is 41.1 Å². The average Bonchev–Trinajstić information content (AvgIpc) is 3.36. The number of H-pyrrole nitrogens is 1. The lowest BCUT2D eigenvalue weighted by Crippen LogP contribution is -2.19. The molecule has 13 heteroatoms. The standard InChI is InChI=1S/C21H16ClN7O4S/c1-11-14(13-4-2-3-5-16(13)24-11)10-23-26-18(30)9-19-27-28-21(34-19)25-20(31)12-6-7-17(29(32)33)15(22)8-12/h2-8,10,24H,9H2,1H3,(H,26,30)(H,25,28,31)/b23-10-. The molecule has 172 valence electrons. The van der Waals surface area contributed by atoms with Crippen LogP contribution in [0, 0.1) is 17.0 Å². The van der Waals surface area contributed by atoms with Crippen LogP contribution in [0.15, 0.2) is 47.6 Å². The molecule has 0 saturated heterocycles. The van der Waals surface area contributed by atoms with Gasteiger partial charge in [0.25, 0.3) is 11.6 Å². The topological polar surface area (TPSA) is 155 Å². The minimum absolute atomic E-state index is 0.0822. The molecule has 3 N–H and O–H groups in total. The Hall–Kier alpha value is -4.16. The van der Waals surface area contributed by atoms with Gasteiger partial charge in [0.2, 0.25) is 11.0 Å². The number of hydrazone groups is 1. The third kappa shape index (κ3) is 5.08. The number of anilines is 1. The summed E-state index contributed by atoms with van der Waals surface area (Å²) in [4.78, 5) is 38.0. The van der Waals surface area contributed by atoms with Gasteiger partial charge >= 0.3 is 0 Å². The number of nitro groups is 1. The minimum Gasteiger partial charge on any atom is -0.358 e. The second-order valence-corrected chi connectivity index (χ2v) is 8.53. The van der Waals surface area contributed by atoms with E-state index in [2.05, 4.69) is 31.0 Å². The van der Waals surface area contributed by atoms with Crippen LogP contribution >= 0.6 is 22.9 Å². The van der Waals surface area contributed by atoms with Crippen LogP contribution in [0.2, 0.25) is 5.02 Å². The summed E-state index contributed by atoms with van der Waals surface area (Å²) in [7, 11) is 0. The Kier molecular flexibility index (Phi) is 6.61. The first kappa shape index (κ1) is 23.0. The quantitative estimate of drug-likeness (QED) is 0.200. The van der Waals surface area contributed by atoms with E-state index in [-0.39, 0.29) is 27.8 Å². The molecule has 2 aromatic heterocycles. The largest absolute Gasteiger partial charge is 0.358 e. The number of halogens is 1. The van der Waals surface area contributed by atoms with Crippen molar-refractivity contribution in [1.29, 1.82) is 0 Å². The Morgan fingerprint density at radius 1 is 1.26 bits per heavy atom. The first-order valence-electron chi connectivity index (χ1n) is 9.78. The number of fused-ring (bicyclic) bond motifs is 1. The summed E-state index contributed by atoms with van der Waals surface area (Å²) >= 11 is 6.86. The highest BCUT2D eigenvalue weighted by Gasteiger charge is 2.17. The zero-order chi connectivity index (χ0) is 24.2. The fourth-order valence-corrected chi connectivity index (χ4v) is 4.13. The molecule has 0 bridgehead atoms. The zero-order valence-electron chi connectivity index (χ0n) is 17.5. The van der Waals surface area contributed by atoms with Gasteiger partial charge in [-0.3, -0.25) is 25.0 Å². The molecule has 0 fully saturated rings. The summed E-state index contributed by atoms with van der Waals surface area (Å²) in [6.45, 7) is 1.92. The number of hydrogen-bond acceptors (Lipinski definition) is 8. The van der Waals surface area contributed by atoms with E-state index in [4.69, 9.17) is 11.6 Å². The predicted molar refractivity (Wildman–Crippen MR) is 128 cm³/mol. The Morgan fingerprint density at radius 2 is 2.06 bits per heavy atom. The lowest BCUT2D eigenvalue weighted by Gasteiger charge is -2.02. The Morgan fingerprint density at radius 3 is 2.82 bits per heavy atom. The van der Waals surface area contributed by atoms with E-state index < -0.39 is 16.7 Å². The lowest BCUT2D eigenvalue weighted by atomic mass is 10.1. The molecule has 34 heavy (non-hydrogen) atoms. The van der Waals surface area contributed by atoms with Crippen LogP contribution in [0.4, 0.5) is 10.8 Å². The molecule has 0 aliphatic rings. The van der Waals surface area contributed by atoms with Crippen LogP contribution in [0.3, 0.4) is 0 Å². The maximum absolute atomic E-state index is 12.4. The maximum Gasteiger partial charge on any atom is 0.287 e. The molecule has 0 saturated carbocycles. The molecule has 11 nitrogen and oxygen atoms in total. The Labute approximate surface area is 201 Å². The summed E-state index contributed by atoms with van der Waals surface area (Å²) in [6, 6.07) is 11.4. The highest BCUT2D eigenvalue weighted by atomic mass is 35.5. The summed E-state index contributed by atoms with van der Waals surface area (Å²) in [5.41, 5.74) is 5.06. The number of hydrogen-bond donors (Lipinski definition) is 3. The zero-order valence-corrected chi connectivity index (χ0v) is 19.1. The molecule has 4 rings (SSSR count). The molecular formula is C21H16ClN7O4S. The van der Waals surface area contributed by atoms with Crippen molar-refractivity contribution in [3.05, 3.63) is 79.4 Å². The van der Waals surface area contributed by atoms with Crippen LogP contribution in [-0.2, 0) is 11.2 Å². The average molecular weight is 498 g/mol. The number of aryl methyl sites for hydroxylation is 1. The number of carbonyl (C=O) groups excluding carboxylic acids is 2. The van der Waals surface area contributed by atoms with Crippen LogP contribution in [0.5, 0.6) is 0 Å². The van der Waals surface area contributed by atoms with Crippen LogP contribution in [0.25, 0.3) is 10.9 Å². The van der Waals surface area contributed by atoms with Crippen LogP contribution in [-0.4, -0.2) is 38.1 Å². The predicted octanol–water partition coefficient (Wildman–Crippen LogP) is 3.83. The van der Waals surface area contributed by atoms with Crippen molar-refractivity contribution < 1.29 is 14.5 Å². The smallest absolute Gasteiger partial charge is 0.287 e. The van der Waals surface area contributed by atoms with Crippen molar-refractivity contribution >= 4 is 62.7 Å². The van der Waals surface area contributed by atoms with Crippen molar-refractivity contribution in [3.63, 3.8) is 0 Å². The molecule has 2 aromatic carbocycles. The number of aromatic amines is 1. The number of para-hydroxylation sites is 1. The van der Waals surface area contributed by atoms with Gasteiger partial charge in [0, 0.05) is 33.8 Å². The van der Waals surface area contributed by atoms with Crippen molar-refractivity contribution in [2.45, 2.75) is 13.3 Å². The summed E-state index contributed by atoms with van der Waals surface area (Å²) in [5, 5.41) is 26.5. The maximum atomic E-state index is 12.4.